The maximum atomic E-state index is 9.94. The molecule has 0 aliphatic heterocycles. The van der Waals surface area contributed by atoms with Gasteiger partial charge in [0.2, 0.25) is 0 Å². The van der Waals surface area contributed by atoms with E-state index in [9.17, 15) is 5.11 Å². The third kappa shape index (κ3) is 2.58. The highest BCUT2D eigenvalue weighted by molar-refractivity contribution is 5.35. The Labute approximate surface area is 92.1 Å². The summed E-state index contributed by atoms with van der Waals surface area (Å²) in [6.45, 7) is 8.08. The van der Waals surface area contributed by atoms with E-state index in [0.29, 0.717) is 0 Å². The molecule has 0 radical (unpaired) electrons. The van der Waals surface area contributed by atoms with Crippen LogP contribution in [-0.4, -0.2) is 11.2 Å². The highest BCUT2D eigenvalue weighted by Gasteiger charge is 2.21. The molecule has 0 amide bonds. The third-order valence-electron chi connectivity index (χ3n) is 3.06. The number of nitrogens with two attached hydrogens (primary N) is 1. The quantitative estimate of drug-likeness (QED) is 0.799. The van der Waals surface area contributed by atoms with Crippen molar-refractivity contribution in [2.24, 2.45) is 11.7 Å². The van der Waals surface area contributed by atoms with Gasteiger partial charge in [0.25, 0.3) is 0 Å². The summed E-state index contributed by atoms with van der Waals surface area (Å²) in [4.78, 5) is 0. The van der Waals surface area contributed by atoms with Gasteiger partial charge in [-0.3, -0.25) is 0 Å². The minimum absolute atomic E-state index is 0.180. The van der Waals surface area contributed by atoms with Crippen molar-refractivity contribution < 1.29 is 5.11 Å². The molecule has 1 aromatic carbocycles. The van der Waals surface area contributed by atoms with E-state index in [2.05, 4.69) is 19.9 Å². The molecule has 15 heavy (non-hydrogen) atoms. The lowest BCUT2D eigenvalue weighted by Crippen LogP contribution is -2.31. The molecular weight excluding hydrogens is 186 g/mol. The van der Waals surface area contributed by atoms with Crippen LogP contribution in [0, 0.1) is 19.8 Å². The van der Waals surface area contributed by atoms with Gasteiger partial charge in [0.15, 0.2) is 0 Å². The lowest BCUT2D eigenvalue weighted by Gasteiger charge is -2.24. The molecule has 0 bridgehead atoms. The first-order valence-electron chi connectivity index (χ1n) is 5.45. The SMILES string of the molecule is Cc1cccc([C@@H](N)[C@@H](O)C(C)C)c1C. The molecule has 3 N–H and O–H groups in total. The van der Waals surface area contributed by atoms with E-state index in [0.717, 1.165) is 5.56 Å². The molecule has 0 aliphatic carbocycles. The van der Waals surface area contributed by atoms with E-state index < -0.39 is 6.10 Å². The van der Waals surface area contributed by atoms with Crippen LogP contribution in [0.5, 0.6) is 0 Å². The van der Waals surface area contributed by atoms with E-state index in [1.807, 2.05) is 26.0 Å². The van der Waals surface area contributed by atoms with Gasteiger partial charge in [-0.1, -0.05) is 32.0 Å². The van der Waals surface area contributed by atoms with E-state index in [4.69, 9.17) is 5.73 Å². The van der Waals surface area contributed by atoms with Crippen molar-refractivity contribution in [1.29, 1.82) is 0 Å². The maximum Gasteiger partial charge on any atom is 0.0755 e. The molecule has 0 saturated carbocycles. The lowest BCUT2D eigenvalue weighted by molar-refractivity contribution is 0.0977. The first kappa shape index (κ1) is 12.2. The number of rotatable bonds is 3. The molecule has 2 atom stereocenters. The van der Waals surface area contributed by atoms with Gasteiger partial charge < -0.3 is 10.8 Å². The Hall–Kier alpha value is -0.860. The largest absolute Gasteiger partial charge is 0.391 e. The molecular formula is C13H21NO. The fourth-order valence-corrected chi connectivity index (χ4v) is 1.73. The fourth-order valence-electron chi connectivity index (χ4n) is 1.73. The van der Waals surface area contributed by atoms with Gasteiger partial charge in [0.1, 0.15) is 0 Å². The molecule has 0 heterocycles. The van der Waals surface area contributed by atoms with Gasteiger partial charge >= 0.3 is 0 Å². The summed E-state index contributed by atoms with van der Waals surface area (Å²) in [6.07, 6.45) is -0.481. The van der Waals surface area contributed by atoms with Crippen LogP contribution in [0.1, 0.15) is 36.6 Å². The Morgan fingerprint density at radius 1 is 1.20 bits per heavy atom. The summed E-state index contributed by atoms with van der Waals surface area (Å²) < 4.78 is 0. The Kier molecular flexibility index (Phi) is 3.89. The van der Waals surface area contributed by atoms with Crippen LogP contribution >= 0.6 is 0 Å². The number of benzene rings is 1. The molecule has 0 aromatic heterocycles. The molecule has 0 unspecified atom stereocenters. The van der Waals surface area contributed by atoms with E-state index >= 15 is 0 Å². The van der Waals surface area contributed by atoms with Crippen molar-refractivity contribution in [2.45, 2.75) is 39.8 Å². The Morgan fingerprint density at radius 3 is 2.33 bits per heavy atom. The normalized spacial score (nSPS) is 15.4. The number of hydrogen-bond donors (Lipinski definition) is 2. The Bertz CT molecular complexity index is 333. The summed E-state index contributed by atoms with van der Waals surface area (Å²) in [5.74, 6) is 0.180. The van der Waals surface area contributed by atoms with Crippen molar-refractivity contribution in [1.82, 2.24) is 0 Å². The van der Waals surface area contributed by atoms with Crippen LogP contribution in [0.25, 0.3) is 0 Å². The van der Waals surface area contributed by atoms with Gasteiger partial charge in [0.05, 0.1) is 12.1 Å². The van der Waals surface area contributed by atoms with Crippen molar-refractivity contribution in [3.8, 4) is 0 Å². The first-order chi connectivity index (χ1) is 6.95. The summed E-state index contributed by atoms with van der Waals surface area (Å²) in [5.41, 5.74) is 9.52. The topological polar surface area (TPSA) is 46.2 Å². The Balaban J connectivity index is 3.01. The summed E-state index contributed by atoms with van der Waals surface area (Å²) in [5, 5.41) is 9.94. The predicted molar refractivity (Wildman–Crippen MR) is 63.7 cm³/mol. The molecule has 0 saturated heterocycles. The van der Waals surface area contributed by atoms with Crippen LogP contribution in [-0.2, 0) is 0 Å². The predicted octanol–water partition coefficient (Wildman–Crippen LogP) is 2.32. The van der Waals surface area contributed by atoms with Crippen LogP contribution in [0.3, 0.4) is 0 Å². The number of aliphatic hydroxyl groups is 1. The third-order valence-corrected chi connectivity index (χ3v) is 3.06. The molecule has 0 fully saturated rings. The van der Waals surface area contributed by atoms with E-state index in [1.54, 1.807) is 0 Å². The van der Waals surface area contributed by atoms with Crippen LogP contribution in [0.4, 0.5) is 0 Å². The molecule has 1 rings (SSSR count). The average Bonchev–Trinajstić information content (AvgIpc) is 2.20. The van der Waals surface area contributed by atoms with Crippen molar-refractivity contribution in [2.75, 3.05) is 0 Å². The number of aryl methyl sites for hydroxylation is 1. The minimum atomic E-state index is -0.481. The maximum absolute atomic E-state index is 9.94. The summed E-state index contributed by atoms with van der Waals surface area (Å²) in [7, 11) is 0. The van der Waals surface area contributed by atoms with Crippen molar-refractivity contribution in [3.05, 3.63) is 34.9 Å². The summed E-state index contributed by atoms with van der Waals surface area (Å²) >= 11 is 0. The van der Waals surface area contributed by atoms with Gasteiger partial charge in [0, 0.05) is 0 Å². The van der Waals surface area contributed by atoms with Crippen molar-refractivity contribution >= 4 is 0 Å². The number of hydrogen-bond acceptors (Lipinski definition) is 2. The van der Waals surface area contributed by atoms with Crippen molar-refractivity contribution in [3.63, 3.8) is 0 Å². The summed E-state index contributed by atoms with van der Waals surface area (Å²) in [6, 6.07) is 5.76. The van der Waals surface area contributed by atoms with E-state index in [1.165, 1.54) is 11.1 Å². The molecule has 1 aromatic rings. The highest BCUT2D eigenvalue weighted by atomic mass is 16.3. The van der Waals surface area contributed by atoms with Crippen LogP contribution < -0.4 is 5.73 Å². The van der Waals surface area contributed by atoms with E-state index in [-0.39, 0.29) is 12.0 Å². The zero-order chi connectivity index (χ0) is 11.6. The molecule has 84 valence electrons. The lowest BCUT2D eigenvalue weighted by atomic mass is 9.90. The van der Waals surface area contributed by atoms with Crippen LogP contribution in [0.15, 0.2) is 18.2 Å². The monoisotopic (exact) mass is 207 g/mol. The second-order valence-corrected chi connectivity index (χ2v) is 4.55. The molecule has 0 spiro atoms. The molecule has 0 aliphatic rings. The zero-order valence-electron chi connectivity index (χ0n) is 9.99. The highest BCUT2D eigenvalue weighted by Crippen LogP contribution is 2.24. The van der Waals surface area contributed by atoms with Crippen LogP contribution in [0.2, 0.25) is 0 Å². The zero-order valence-corrected chi connectivity index (χ0v) is 9.99. The first-order valence-corrected chi connectivity index (χ1v) is 5.45. The molecule has 2 heteroatoms. The van der Waals surface area contributed by atoms with Gasteiger partial charge in [-0.05, 0) is 36.5 Å². The average molecular weight is 207 g/mol. The minimum Gasteiger partial charge on any atom is -0.391 e. The van der Waals surface area contributed by atoms with Gasteiger partial charge in [-0.2, -0.15) is 0 Å². The van der Waals surface area contributed by atoms with Gasteiger partial charge in [-0.15, -0.1) is 0 Å². The second-order valence-electron chi connectivity index (χ2n) is 4.55. The standard InChI is InChI=1S/C13H21NO/c1-8(2)13(15)12(14)11-7-5-6-9(3)10(11)4/h5-8,12-13,15H,14H2,1-4H3/t12-,13+/m1/s1. The smallest absolute Gasteiger partial charge is 0.0755 e. The second kappa shape index (κ2) is 4.77. The van der Waals surface area contributed by atoms with Gasteiger partial charge in [-0.25, -0.2) is 0 Å². The Morgan fingerprint density at radius 2 is 1.80 bits per heavy atom. The fraction of sp³-hybridized carbons (Fsp3) is 0.538. The molecule has 2 nitrogen and oxygen atoms in total. The number of aliphatic hydroxyl groups excluding tert-OH is 1.